The molecular formula is C13H18N4O3. The van der Waals surface area contributed by atoms with Gasteiger partial charge in [-0.3, -0.25) is 9.59 Å². The molecule has 0 aromatic heterocycles. The van der Waals surface area contributed by atoms with Crippen molar-refractivity contribution in [3.8, 4) is 0 Å². The maximum Gasteiger partial charge on any atom is 0.312 e. The third-order valence-corrected chi connectivity index (χ3v) is 2.64. The predicted molar refractivity (Wildman–Crippen MR) is 75.3 cm³/mol. The second-order valence-electron chi connectivity index (χ2n) is 4.27. The van der Waals surface area contributed by atoms with Gasteiger partial charge >= 0.3 is 6.03 Å². The third-order valence-electron chi connectivity index (χ3n) is 2.64. The maximum absolute atomic E-state index is 11.8. The van der Waals surface area contributed by atoms with Crippen LogP contribution in [0.15, 0.2) is 24.3 Å². The van der Waals surface area contributed by atoms with Gasteiger partial charge in [0.2, 0.25) is 5.91 Å². The lowest BCUT2D eigenvalue weighted by molar-refractivity contribution is -0.117. The number of amides is 3. The Labute approximate surface area is 116 Å². The van der Waals surface area contributed by atoms with E-state index in [2.05, 4.69) is 10.6 Å². The van der Waals surface area contributed by atoms with E-state index in [1.54, 1.807) is 24.3 Å². The summed E-state index contributed by atoms with van der Waals surface area (Å²) in [4.78, 5) is 32.7. The Bertz CT molecular complexity index is 473. The van der Waals surface area contributed by atoms with Crippen molar-refractivity contribution in [2.45, 2.75) is 18.9 Å². The van der Waals surface area contributed by atoms with E-state index in [0.29, 0.717) is 30.6 Å². The Morgan fingerprint density at radius 3 is 2.45 bits per heavy atom. The van der Waals surface area contributed by atoms with Gasteiger partial charge in [-0.25, -0.2) is 4.79 Å². The van der Waals surface area contributed by atoms with E-state index in [1.807, 2.05) is 0 Å². The van der Waals surface area contributed by atoms with E-state index in [0.717, 1.165) is 6.29 Å². The summed E-state index contributed by atoms with van der Waals surface area (Å²) in [6.07, 6.45) is 1.71. The summed E-state index contributed by atoms with van der Waals surface area (Å²) in [5, 5.41) is 5.07. The van der Waals surface area contributed by atoms with Crippen molar-refractivity contribution in [1.29, 1.82) is 0 Å². The standard InChI is InChI=1S/C13H18N4O3/c14-11(2-1-7-16-13(15)20)12(19)17-10-5-3-9(8-18)4-6-10/h3-6,8,11H,1-2,7,14H2,(H,17,19)(H3,15,16,20)/t11-/m0/s1. The van der Waals surface area contributed by atoms with Crippen molar-refractivity contribution >= 4 is 23.9 Å². The first-order valence-corrected chi connectivity index (χ1v) is 6.18. The molecule has 3 amide bonds. The molecule has 0 bridgehead atoms. The maximum atomic E-state index is 11.8. The molecule has 0 unspecified atom stereocenters. The minimum Gasteiger partial charge on any atom is -0.352 e. The zero-order valence-corrected chi connectivity index (χ0v) is 11.0. The molecule has 1 aromatic rings. The van der Waals surface area contributed by atoms with Gasteiger partial charge in [0.1, 0.15) is 6.29 Å². The first-order chi connectivity index (χ1) is 9.52. The molecular weight excluding hydrogens is 260 g/mol. The monoisotopic (exact) mass is 278 g/mol. The summed E-state index contributed by atoms with van der Waals surface area (Å²) in [6, 6.07) is 5.19. The minimum atomic E-state index is -0.671. The second-order valence-corrected chi connectivity index (χ2v) is 4.27. The molecule has 0 fully saturated rings. The van der Waals surface area contributed by atoms with Crippen LogP contribution in [-0.2, 0) is 4.79 Å². The van der Waals surface area contributed by atoms with Crippen LogP contribution in [-0.4, -0.2) is 30.8 Å². The van der Waals surface area contributed by atoms with Gasteiger partial charge in [0.15, 0.2) is 0 Å². The largest absolute Gasteiger partial charge is 0.352 e. The van der Waals surface area contributed by atoms with Gasteiger partial charge in [0, 0.05) is 17.8 Å². The molecule has 0 aliphatic carbocycles. The van der Waals surface area contributed by atoms with E-state index in [-0.39, 0.29) is 5.91 Å². The summed E-state index contributed by atoms with van der Waals surface area (Å²) in [6.45, 7) is 0.379. The van der Waals surface area contributed by atoms with Crippen molar-refractivity contribution in [1.82, 2.24) is 5.32 Å². The number of nitrogens with two attached hydrogens (primary N) is 2. The van der Waals surface area contributed by atoms with E-state index in [9.17, 15) is 14.4 Å². The number of rotatable bonds is 7. The Morgan fingerprint density at radius 2 is 1.90 bits per heavy atom. The zero-order valence-electron chi connectivity index (χ0n) is 11.0. The average Bonchev–Trinajstić information content (AvgIpc) is 2.44. The first-order valence-electron chi connectivity index (χ1n) is 6.18. The Hall–Kier alpha value is -2.41. The van der Waals surface area contributed by atoms with Crippen molar-refractivity contribution in [2.24, 2.45) is 11.5 Å². The van der Waals surface area contributed by atoms with Crippen LogP contribution in [0, 0.1) is 0 Å². The molecule has 0 radical (unpaired) electrons. The van der Waals surface area contributed by atoms with Gasteiger partial charge in [-0.1, -0.05) is 0 Å². The fourth-order valence-corrected chi connectivity index (χ4v) is 1.54. The van der Waals surface area contributed by atoms with Crippen molar-refractivity contribution in [3.05, 3.63) is 29.8 Å². The Morgan fingerprint density at radius 1 is 1.25 bits per heavy atom. The van der Waals surface area contributed by atoms with E-state index in [1.165, 1.54) is 0 Å². The number of benzene rings is 1. The summed E-state index contributed by atoms with van der Waals surface area (Å²) in [7, 11) is 0. The number of hydrogen-bond donors (Lipinski definition) is 4. The summed E-state index contributed by atoms with van der Waals surface area (Å²) >= 11 is 0. The number of urea groups is 1. The van der Waals surface area contributed by atoms with Gasteiger partial charge < -0.3 is 22.1 Å². The number of carbonyl (C=O) groups excluding carboxylic acids is 3. The number of hydrogen-bond acceptors (Lipinski definition) is 4. The molecule has 1 rings (SSSR count). The lowest BCUT2D eigenvalue weighted by Gasteiger charge is -2.12. The molecule has 1 atom stereocenters. The molecule has 7 nitrogen and oxygen atoms in total. The summed E-state index contributed by atoms with van der Waals surface area (Å²) in [5.74, 6) is -0.317. The Kier molecular flexibility index (Phi) is 6.18. The fourth-order valence-electron chi connectivity index (χ4n) is 1.54. The Balaban J connectivity index is 2.36. The van der Waals surface area contributed by atoms with E-state index in [4.69, 9.17) is 11.5 Å². The molecule has 0 heterocycles. The zero-order chi connectivity index (χ0) is 15.0. The molecule has 7 heteroatoms. The topological polar surface area (TPSA) is 127 Å². The number of nitrogens with one attached hydrogen (secondary N) is 2. The highest BCUT2D eigenvalue weighted by molar-refractivity contribution is 5.94. The van der Waals surface area contributed by atoms with Crippen LogP contribution in [0.5, 0.6) is 0 Å². The van der Waals surface area contributed by atoms with Crippen LogP contribution < -0.4 is 22.1 Å². The average molecular weight is 278 g/mol. The number of aldehydes is 1. The van der Waals surface area contributed by atoms with Gasteiger partial charge in [-0.2, -0.15) is 0 Å². The lowest BCUT2D eigenvalue weighted by Crippen LogP contribution is -2.37. The molecule has 20 heavy (non-hydrogen) atoms. The SMILES string of the molecule is NC(=O)NCCC[C@H](N)C(=O)Nc1ccc(C=O)cc1. The van der Waals surface area contributed by atoms with Crippen LogP contribution in [0.4, 0.5) is 10.5 Å². The molecule has 108 valence electrons. The van der Waals surface area contributed by atoms with Crippen molar-refractivity contribution in [3.63, 3.8) is 0 Å². The number of anilines is 1. The fraction of sp³-hybridized carbons (Fsp3) is 0.308. The number of primary amides is 1. The van der Waals surface area contributed by atoms with E-state index >= 15 is 0 Å². The molecule has 6 N–H and O–H groups in total. The predicted octanol–water partition coefficient (Wildman–Crippen LogP) is 0.213. The lowest BCUT2D eigenvalue weighted by atomic mass is 10.1. The highest BCUT2D eigenvalue weighted by Gasteiger charge is 2.13. The van der Waals surface area contributed by atoms with Gasteiger partial charge in [0.05, 0.1) is 6.04 Å². The minimum absolute atomic E-state index is 0.317. The molecule has 0 saturated heterocycles. The van der Waals surface area contributed by atoms with Crippen LogP contribution in [0.3, 0.4) is 0 Å². The van der Waals surface area contributed by atoms with Gasteiger partial charge in [0.25, 0.3) is 0 Å². The van der Waals surface area contributed by atoms with Crippen molar-refractivity contribution < 1.29 is 14.4 Å². The smallest absolute Gasteiger partial charge is 0.312 e. The molecule has 0 spiro atoms. The quantitative estimate of drug-likeness (QED) is 0.420. The van der Waals surface area contributed by atoms with Crippen molar-refractivity contribution in [2.75, 3.05) is 11.9 Å². The normalized spacial score (nSPS) is 11.4. The third kappa shape index (κ3) is 5.49. The molecule has 0 aliphatic heterocycles. The van der Waals surface area contributed by atoms with Crippen LogP contribution in [0.25, 0.3) is 0 Å². The summed E-state index contributed by atoms with van der Waals surface area (Å²) in [5.41, 5.74) is 11.7. The molecule has 1 aromatic carbocycles. The van der Waals surface area contributed by atoms with Gasteiger partial charge in [-0.15, -0.1) is 0 Å². The molecule has 0 saturated carbocycles. The first kappa shape index (κ1) is 15.6. The van der Waals surface area contributed by atoms with E-state index < -0.39 is 12.1 Å². The van der Waals surface area contributed by atoms with Crippen LogP contribution in [0.2, 0.25) is 0 Å². The highest BCUT2D eigenvalue weighted by Crippen LogP contribution is 2.09. The number of carbonyl (C=O) groups is 3. The summed E-state index contributed by atoms with van der Waals surface area (Å²) < 4.78 is 0. The highest BCUT2D eigenvalue weighted by atomic mass is 16.2. The second kappa shape index (κ2) is 7.90. The van der Waals surface area contributed by atoms with Gasteiger partial charge in [-0.05, 0) is 37.1 Å². The van der Waals surface area contributed by atoms with Crippen LogP contribution >= 0.6 is 0 Å². The van der Waals surface area contributed by atoms with Crippen LogP contribution in [0.1, 0.15) is 23.2 Å². The molecule has 0 aliphatic rings.